The predicted molar refractivity (Wildman–Crippen MR) is 67.3 cm³/mol. The van der Waals surface area contributed by atoms with Gasteiger partial charge in [0, 0.05) is 11.6 Å². The number of nitrogens with zero attached hydrogens (tertiary/aromatic N) is 2. The zero-order valence-electron chi connectivity index (χ0n) is 10.4. The van der Waals surface area contributed by atoms with Gasteiger partial charge in [0.05, 0.1) is 0 Å². The Morgan fingerprint density at radius 2 is 1.88 bits per heavy atom. The Morgan fingerprint density at radius 3 is 2.38 bits per heavy atom. The fourth-order valence-corrected chi connectivity index (χ4v) is 1.51. The number of nitrogens with one attached hydrogen (secondary N) is 2. The Bertz CT molecular complexity index is 337. The minimum atomic E-state index is 0.318. The van der Waals surface area contributed by atoms with Gasteiger partial charge in [-0.15, -0.1) is 0 Å². The van der Waals surface area contributed by atoms with Gasteiger partial charge in [0.15, 0.2) is 0 Å². The van der Waals surface area contributed by atoms with E-state index in [1.54, 1.807) is 0 Å². The van der Waals surface area contributed by atoms with E-state index in [4.69, 9.17) is 5.84 Å². The first-order chi connectivity index (χ1) is 7.60. The largest absolute Gasteiger partial charge is 0.367 e. The molecule has 0 aliphatic carbocycles. The van der Waals surface area contributed by atoms with Crippen molar-refractivity contribution in [2.75, 3.05) is 10.7 Å². The second-order valence-corrected chi connectivity index (χ2v) is 4.24. The second kappa shape index (κ2) is 5.65. The van der Waals surface area contributed by atoms with E-state index in [1.807, 2.05) is 0 Å². The van der Waals surface area contributed by atoms with Crippen molar-refractivity contribution in [1.29, 1.82) is 0 Å². The molecule has 0 aliphatic heterocycles. The lowest BCUT2D eigenvalue weighted by Gasteiger charge is -2.19. The first-order valence-corrected chi connectivity index (χ1v) is 5.68. The van der Waals surface area contributed by atoms with Crippen molar-refractivity contribution in [3.63, 3.8) is 0 Å². The van der Waals surface area contributed by atoms with Crippen molar-refractivity contribution in [3.8, 4) is 0 Å². The highest BCUT2D eigenvalue weighted by Crippen LogP contribution is 2.28. The summed E-state index contributed by atoms with van der Waals surface area (Å²) in [5.41, 5.74) is 3.65. The van der Waals surface area contributed by atoms with Gasteiger partial charge in [-0.2, -0.15) is 0 Å². The molecule has 5 nitrogen and oxygen atoms in total. The number of hydrogen-bond acceptors (Lipinski definition) is 5. The van der Waals surface area contributed by atoms with Crippen LogP contribution in [0.3, 0.4) is 0 Å². The van der Waals surface area contributed by atoms with E-state index in [9.17, 15) is 0 Å². The summed E-state index contributed by atoms with van der Waals surface area (Å²) in [6.45, 7) is 8.46. The molecular formula is C11H21N5. The van der Waals surface area contributed by atoms with Crippen molar-refractivity contribution in [3.05, 3.63) is 11.9 Å². The molecule has 0 aromatic carbocycles. The second-order valence-electron chi connectivity index (χ2n) is 4.24. The molecule has 16 heavy (non-hydrogen) atoms. The number of nitrogen functional groups attached to an aromatic ring is 1. The van der Waals surface area contributed by atoms with Gasteiger partial charge in [-0.25, -0.2) is 15.8 Å². The summed E-state index contributed by atoms with van der Waals surface area (Å²) in [6, 6.07) is 0.387. The summed E-state index contributed by atoms with van der Waals surface area (Å²) in [7, 11) is 0. The summed E-state index contributed by atoms with van der Waals surface area (Å²) >= 11 is 0. The first-order valence-electron chi connectivity index (χ1n) is 5.68. The zero-order chi connectivity index (χ0) is 12.1. The van der Waals surface area contributed by atoms with E-state index in [1.165, 1.54) is 6.33 Å². The van der Waals surface area contributed by atoms with Crippen LogP contribution in [-0.4, -0.2) is 16.0 Å². The summed E-state index contributed by atoms with van der Waals surface area (Å²) in [5, 5.41) is 3.37. The summed E-state index contributed by atoms with van der Waals surface area (Å²) in [6.07, 6.45) is 2.57. The SMILES string of the molecule is CCC(C)Nc1ncnc(NN)c1C(C)C. The van der Waals surface area contributed by atoms with E-state index >= 15 is 0 Å². The van der Waals surface area contributed by atoms with Crippen molar-refractivity contribution in [2.45, 2.75) is 46.1 Å². The number of rotatable bonds is 5. The maximum absolute atomic E-state index is 5.45. The van der Waals surface area contributed by atoms with Gasteiger partial charge in [0.1, 0.15) is 18.0 Å². The predicted octanol–water partition coefficient (Wildman–Crippen LogP) is 2.10. The van der Waals surface area contributed by atoms with E-state index in [-0.39, 0.29) is 0 Å². The fraction of sp³-hybridized carbons (Fsp3) is 0.636. The minimum Gasteiger partial charge on any atom is -0.367 e. The van der Waals surface area contributed by atoms with Crippen LogP contribution in [0.25, 0.3) is 0 Å². The molecule has 1 rings (SSSR count). The molecule has 1 unspecified atom stereocenters. The Balaban J connectivity index is 3.07. The molecule has 4 N–H and O–H groups in total. The van der Waals surface area contributed by atoms with Crippen LogP contribution in [0.1, 0.15) is 45.6 Å². The Labute approximate surface area is 96.8 Å². The van der Waals surface area contributed by atoms with Gasteiger partial charge in [0.25, 0.3) is 0 Å². The first kappa shape index (κ1) is 12.7. The Hall–Kier alpha value is -1.36. The monoisotopic (exact) mass is 223 g/mol. The third kappa shape index (κ3) is 2.82. The number of anilines is 2. The molecule has 90 valence electrons. The van der Waals surface area contributed by atoms with Gasteiger partial charge in [-0.3, -0.25) is 0 Å². The van der Waals surface area contributed by atoms with Crippen molar-refractivity contribution in [1.82, 2.24) is 9.97 Å². The van der Waals surface area contributed by atoms with Crippen LogP contribution >= 0.6 is 0 Å². The highest BCUT2D eigenvalue weighted by Gasteiger charge is 2.15. The molecule has 0 amide bonds. The van der Waals surface area contributed by atoms with Crippen LogP contribution in [0.5, 0.6) is 0 Å². The smallest absolute Gasteiger partial charge is 0.148 e. The molecule has 0 aliphatic rings. The maximum Gasteiger partial charge on any atom is 0.148 e. The van der Waals surface area contributed by atoms with Gasteiger partial charge in [-0.05, 0) is 19.3 Å². The maximum atomic E-state index is 5.45. The van der Waals surface area contributed by atoms with Gasteiger partial charge in [0.2, 0.25) is 0 Å². The molecular weight excluding hydrogens is 202 g/mol. The summed E-state index contributed by atoms with van der Waals surface area (Å²) in [4.78, 5) is 8.40. The average molecular weight is 223 g/mol. The number of nitrogens with two attached hydrogens (primary N) is 1. The van der Waals surface area contributed by atoms with Crippen LogP contribution in [0, 0.1) is 0 Å². The number of hydrazine groups is 1. The normalized spacial score (nSPS) is 12.6. The molecule has 0 saturated heterocycles. The van der Waals surface area contributed by atoms with Gasteiger partial charge < -0.3 is 10.7 Å². The lowest BCUT2D eigenvalue weighted by molar-refractivity contribution is 0.748. The molecule has 0 bridgehead atoms. The van der Waals surface area contributed by atoms with Crippen LogP contribution < -0.4 is 16.6 Å². The molecule has 0 spiro atoms. The quantitative estimate of drug-likeness (QED) is 0.526. The highest BCUT2D eigenvalue weighted by atomic mass is 15.3. The summed E-state index contributed by atoms with van der Waals surface area (Å²) in [5.74, 6) is 7.33. The average Bonchev–Trinajstić information content (AvgIpc) is 2.28. The lowest BCUT2D eigenvalue weighted by Crippen LogP contribution is -2.19. The molecule has 0 fully saturated rings. The molecule has 5 heteroatoms. The van der Waals surface area contributed by atoms with Crippen LogP contribution in [-0.2, 0) is 0 Å². The zero-order valence-corrected chi connectivity index (χ0v) is 10.4. The van der Waals surface area contributed by atoms with E-state index in [0.717, 1.165) is 17.8 Å². The van der Waals surface area contributed by atoms with E-state index in [0.29, 0.717) is 17.8 Å². The number of hydrogen-bond donors (Lipinski definition) is 3. The summed E-state index contributed by atoms with van der Waals surface area (Å²) < 4.78 is 0. The lowest BCUT2D eigenvalue weighted by atomic mass is 10.0. The standard InChI is InChI=1S/C11H21N5/c1-5-8(4)15-10-9(7(2)3)11(16-12)14-6-13-10/h6-8H,5,12H2,1-4H3,(H2,13,14,15,16). The molecule has 0 saturated carbocycles. The third-order valence-corrected chi connectivity index (χ3v) is 2.59. The van der Waals surface area contributed by atoms with Crippen LogP contribution in [0.2, 0.25) is 0 Å². The van der Waals surface area contributed by atoms with Crippen molar-refractivity contribution < 1.29 is 0 Å². The van der Waals surface area contributed by atoms with Crippen LogP contribution in [0.4, 0.5) is 11.6 Å². The Kier molecular flexibility index (Phi) is 4.49. The topological polar surface area (TPSA) is 75.9 Å². The van der Waals surface area contributed by atoms with Crippen LogP contribution in [0.15, 0.2) is 6.33 Å². The van der Waals surface area contributed by atoms with E-state index < -0.39 is 0 Å². The fourth-order valence-electron chi connectivity index (χ4n) is 1.51. The highest BCUT2D eigenvalue weighted by molar-refractivity contribution is 5.58. The van der Waals surface area contributed by atoms with Gasteiger partial charge >= 0.3 is 0 Å². The minimum absolute atomic E-state index is 0.318. The van der Waals surface area contributed by atoms with E-state index in [2.05, 4.69) is 48.4 Å². The third-order valence-electron chi connectivity index (χ3n) is 2.59. The molecule has 1 aromatic heterocycles. The number of aromatic nitrogens is 2. The molecule has 1 heterocycles. The van der Waals surface area contributed by atoms with Crippen molar-refractivity contribution in [2.24, 2.45) is 5.84 Å². The van der Waals surface area contributed by atoms with Gasteiger partial charge in [-0.1, -0.05) is 20.8 Å². The molecule has 1 atom stereocenters. The molecule has 0 radical (unpaired) electrons. The Morgan fingerprint density at radius 1 is 1.25 bits per heavy atom. The van der Waals surface area contributed by atoms with Crippen molar-refractivity contribution >= 4 is 11.6 Å². The molecule has 1 aromatic rings.